The number of aromatic nitrogens is 4. The number of nitrogens with zero attached hydrogens (tertiary/aromatic N) is 6. The first kappa shape index (κ1) is 22.7. The second kappa shape index (κ2) is 8.92. The molecule has 1 saturated heterocycles. The molecule has 0 aliphatic carbocycles. The lowest BCUT2D eigenvalue weighted by Gasteiger charge is -2.48. The van der Waals surface area contributed by atoms with Crippen molar-refractivity contribution in [1.82, 2.24) is 24.4 Å². The Bertz CT molecular complexity index is 1260. The summed E-state index contributed by atoms with van der Waals surface area (Å²) in [5.41, 5.74) is 3.32. The molecule has 0 spiro atoms. The van der Waals surface area contributed by atoms with Gasteiger partial charge in [0.2, 0.25) is 5.28 Å². The lowest BCUT2D eigenvalue weighted by atomic mass is 9.93. The molecule has 3 heterocycles. The normalized spacial score (nSPS) is 19.3. The van der Waals surface area contributed by atoms with Crippen molar-refractivity contribution < 1.29 is 8.78 Å². The summed E-state index contributed by atoms with van der Waals surface area (Å²) in [6.45, 7) is 5.67. The van der Waals surface area contributed by atoms with Gasteiger partial charge in [0.05, 0.1) is 12.4 Å². The van der Waals surface area contributed by atoms with Crippen LogP contribution in [0.2, 0.25) is 5.28 Å². The molecule has 5 rings (SSSR count). The Labute approximate surface area is 201 Å². The van der Waals surface area contributed by atoms with Crippen LogP contribution in [0, 0.1) is 11.6 Å². The predicted octanol–water partition coefficient (Wildman–Crippen LogP) is 4.98. The van der Waals surface area contributed by atoms with Crippen molar-refractivity contribution in [1.29, 1.82) is 0 Å². The zero-order valence-corrected chi connectivity index (χ0v) is 19.9. The van der Waals surface area contributed by atoms with Gasteiger partial charge in [-0.2, -0.15) is 9.97 Å². The van der Waals surface area contributed by atoms with Crippen LogP contribution >= 0.6 is 11.6 Å². The standard InChI is InChI=1S/C25H25ClF2N6/c1-15-13-34(24-21-23(30-25(26)31-24)32(3)14-29-21)16(2)12-33(15)22(17-4-8-19(27)9-5-17)18-6-10-20(28)11-7-18/h4-11,14-16,22H,12-13H2,1-3H3/t15-,16+/m1/s1. The first-order valence-electron chi connectivity index (χ1n) is 11.2. The highest BCUT2D eigenvalue weighted by molar-refractivity contribution is 6.28. The maximum absolute atomic E-state index is 13.7. The number of benzene rings is 2. The average molecular weight is 483 g/mol. The van der Waals surface area contributed by atoms with Crippen LogP contribution < -0.4 is 4.90 Å². The van der Waals surface area contributed by atoms with E-state index in [1.807, 2.05) is 11.6 Å². The van der Waals surface area contributed by atoms with Crippen LogP contribution in [0.25, 0.3) is 11.2 Å². The van der Waals surface area contributed by atoms with Gasteiger partial charge >= 0.3 is 0 Å². The maximum atomic E-state index is 13.7. The molecule has 6 nitrogen and oxygen atoms in total. The number of fused-ring (bicyclic) bond motifs is 1. The smallest absolute Gasteiger partial charge is 0.226 e. The van der Waals surface area contributed by atoms with Crippen LogP contribution in [-0.4, -0.2) is 49.6 Å². The van der Waals surface area contributed by atoms with Gasteiger partial charge < -0.3 is 9.47 Å². The molecule has 1 aliphatic heterocycles. The minimum Gasteiger partial charge on any atom is -0.349 e. The van der Waals surface area contributed by atoms with Crippen molar-refractivity contribution >= 4 is 28.6 Å². The monoisotopic (exact) mass is 482 g/mol. The Kier molecular flexibility index (Phi) is 5.95. The molecule has 176 valence electrons. The van der Waals surface area contributed by atoms with Crippen LogP contribution in [0.1, 0.15) is 31.0 Å². The minimum atomic E-state index is -0.284. The number of halogens is 3. The molecule has 0 unspecified atom stereocenters. The Morgan fingerprint density at radius 3 is 2.06 bits per heavy atom. The van der Waals surface area contributed by atoms with E-state index in [0.717, 1.165) is 16.9 Å². The third-order valence-corrected chi connectivity index (χ3v) is 6.69. The SMILES string of the molecule is C[C@@H]1CN(c2nc(Cl)nc3c2ncn3C)[C@@H](C)CN1C(c1ccc(F)cc1)c1ccc(F)cc1. The molecule has 0 radical (unpaired) electrons. The van der Waals surface area contributed by atoms with Crippen LogP contribution in [0.4, 0.5) is 14.6 Å². The number of hydrogen-bond donors (Lipinski definition) is 0. The molecule has 0 amide bonds. The summed E-state index contributed by atoms with van der Waals surface area (Å²) in [7, 11) is 1.88. The predicted molar refractivity (Wildman–Crippen MR) is 129 cm³/mol. The van der Waals surface area contributed by atoms with Gasteiger partial charge in [-0.3, -0.25) is 4.90 Å². The van der Waals surface area contributed by atoms with Gasteiger partial charge in [-0.25, -0.2) is 13.8 Å². The van der Waals surface area contributed by atoms with E-state index in [9.17, 15) is 8.78 Å². The first-order chi connectivity index (χ1) is 16.3. The van der Waals surface area contributed by atoms with Gasteiger partial charge in [0.25, 0.3) is 0 Å². The Hall–Kier alpha value is -3.10. The summed E-state index contributed by atoms with van der Waals surface area (Å²) < 4.78 is 29.2. The lowest BCUT2D eigenvalue weighted by Crippen LogP contribution is -2.57. The van der Waals surface area contributed by atoms with Gasteiger partial charge in [-0.15, -0.1) is 0 Å². The average Bonchev–Trinajstić information content (AvgIpc) is 3.18. The minimum absolute atomic E-state index is 0.0794. The summed E-state index contributed by atoms with van der Waals surface area (Å²) >= 11 is 6.26. The van der Waals surface area contributed by atoms with Crippen molar-refractivity contribution in [3.63, 3.8) is 0 Å². The van der Waals surface area contributed by atoms with E-state index in [4.69, 9.17) is 11.6 Å². The topological polar surface area (TPSA) is 50.1 Å². The Balaban J connectivity index is 1.51. The number of anilines is 1. The molecule has 9 heteroatoms. The summed E-state index contributed by atoms with van der Waals surface area (Å²) in [5.74, 6) is 0.149. The first-order valence-corrected chi connectivity index (χ1v) is 11.6. The van der Waals surface area contributed by atoms with Crippen molar-refractivity contribution in [2.45, 2.75) is 32.0 Å². The Morgan fingerprint density at radius 2 is 1.47 bits per heavy atom. The highest BCUT2D eigenvalue weighted by Gasteiger charge is 2.36. The summed E-state index contributed by atoms with van der Waals surface area (Å²) in [4.78, 5) is 18.0. The quantitative estimate of drug-likeness (QED) is 0.384. The third-order valence-electron chi connectivity index (χ3n) is 6.52. The summed E-state index contributed by atoms with van der Waals surface area (Å²) in [5, 5.41) is 0.184. The van der Waals surface area contributed by atoms with E-state index in [0.29, 0.717) is 24.3 Å². The van der Waals surface area contributed by atoms with E-state index in [2.05, 4.69) is 38.6 Å². The van der Waals surface area contributed by atoms with Crippen LogP contribution in [0.5, 0.6) is 0 Å². The summed E-state index contributed by atoms with van der Waals surface area (Å²) in [6, 6.07) is 13.1. The Morgan fingerprint density at radius 1 is 0.882 bits per heavy atom. The van der Waals surface area contributed by atoms with E-state index in [1.165, 1.54) is 24.3 Å². The van der Waals surface area contributed by atoms with Crippen LogP contribution in [0.15, 0.2) is 54.9 Å². The molecule has 2 aromatic heterocycles. The molecule has 0 saturated carbocycles. The van der Waals surface area contributed by atoms with Gasteiger partial charge in [0.15, 0.2) is 17.0 Å². The number of rotatable bonds is 4. The fraction of sp³-hybridized carbons (Fsp3) is 0.320. The largest absolute Gasteiger partial charge is 0.349 e. The second-order valence-corrected chi connectivity index (χ2v) is 9.23. The van der Waals surface area contributed by atoms with Crippen molar-refractivity contribution in [2.75, 3.05) is 18.0 Å². The van der Waals surface area contributed by atoms with E-state index in [-0.39, 0.29) is 35.0 Å². The molecule has 0 bridgehead atoms. The zero-order chi connectivity index (χ0) is 24.0. The molecule has 2 atom stereocenters. The molecular weight excluding hydrogens is 458 g/mol. The highest BCUT2D eigenvalue weighted by atomic mass is 35.5. The molecule has 2 aromatic carbocycles. The molecule has 1 fully saturated rings. The third kappa shape index (κ3) is 4.12. The second-order valence-electron chi connectivity index (χ2n) is 8.90. The van der Waals surface area contributed by atoms with E-state index < -0.39 is 0 Å². The van der Waals surface area contributed by atoms with Gasteiger partial charge in [0, 0.05) is 32.2 Å². The molecular formula is C25H25ClF2N6. The van der Waals surface area contributed by atoms with E-state index >= 15 is 0 Å². The summed E-state index contributed by atoms with van der Waals surface area (Å²) in [6.07, 6.45) is 1.71. The van der Waals surface area contributed by atoms with Gasteiger partial charge in [-0.1, -0.05) is 24.3 Å². The van der Waals surface area contributed by atoms with Crippen molar-refractivity contribution in [3.05, 3.63) is 82.9 Å². The maximum Gasteiger partial charge on any atom is 0.226 e. The van der Waals surface area contributed by atoms with Crippen molar-refractivity contribution in [3.8, 4) is 0 Å². The number of aryl methyl sites for hydroxylation is 1. The fourth-order valence-corrected chi connectivity index (χ4v) is 5.00. The molecule has 34 heavy (non-hydrogen) atoms. The van der Waals surface area contributed by atoms with Crippen LogP contribution in [-0.2, 0) is 7.05 Å². The van der Waals surface area contributed by atoms with E-state index in [1.54, 1.807) is 30.6 Å². The van der Waals surface area contributed by atoms with Crippen LogP contribution in [0.3, 0.4) is 0 Å². The molecule has 0 N–H and O–H groups in total. The lowest BCUT2D eigenvalue weighted by molar-refractivity contribution is 0.129. The molecule has 1 aliphatic rings. The number of hydrogen-bond acceptors (Lipinski definition) is 5. The fourth-order valence-electron chi connectivity index (χ4n) is 4.84. The van der Waals surface area contributed by atoms with Crippen molar-refractivity contribution in [2.24, 2.45) is 7.05 Å². The van der Waals surface area contributed by atoms with Gasteiger partial charge in [0.1, 0.15) is 11.6 Å². The number of imidazole rings is 1. The molecule has 4 aromatic rings. The highest BCUT2D eigenvalue weighted by Crippen LogP contribution is 2.36. The zero-order valence-electron chi connectivity index (χ0n) is 19.2. The van der Waals surface area contributed by atoms with Gasteiger partial charge in [-0.05, 0) is 60.8 Å². The number of piperazine rings is 1.